The van der Waals surface area contributed by atoms with Gasteiger partial charge in [-0.05, 0) is 32.0 Å². The first-order chi connectivity index (χ1) is 8.69. The average molecular weight is 253 g/mol. The molecule has 1 aromatic rings. The molecule has 0 fully saturated rings. The van der Waals surface area contributed by atoms with Crippen molar-refractivity contribution in [3.05, 3.63) is 23.7 Å². The summed E-state index contributed by atoms with van der Waals surface area (Å²) in [6.07, 6.45) is 6.05. The van der Waals surface area contributed by atoms with E-state index >= 15 is 0 Å². The number of furan rings is 1. The van der Waals surface area contributed by atoms with Crippen LogP contribution in [0.15, 0.2) is 16.7 Å². The van der Waals surface area contributed by atoms with Crippen molar-refractivity contribution in [1.29, 1.82) is 0 Å². The van der Waals surface area contributed by atoms with Crippen LogP contribution in [-0.2, 0) is 6.54 Å². The predicted molar refractivity (Wildman–Crippen MR) is 70.8 cm³/mol. The highest BCUT2D eigenvalue weighted by molar-refractivity contribution is 5.86. The van der Waals surface area contributed by atoms with Gasteiger partial charge in [0.2, 0.25) is 5.76 Å². The maximum Gasteiger partial charge on any atom is 0.372 e. The Labute approximate surface area is 109 Å². The number of hydrogen-bond acceptors (Lipinski definition) is 3. The predicted octanol–water partition coefficient (Wildman–Crippen LogP) is 3.38. The average Bonchev–Trinajstić information content (AvgIpc) is 2.80. The topological polar surface area (TPSA) is 53.7 Å². The van der Waals surface area contributed by atoms with Crippen molar-refractivity contribution >= 4 is 5.97 Å². The second kappa shape index (κ2) is 7.93. The number of nitrogens with zero attached hydrogens (tertiary/aromatic N) is 1. The van der Waals surface area contributed by atoms with Gasteiger partial charge in [-0.15, -0.1) is 0 Å². The third kappa shape index (κ3) is 4.53. The Kier molecular flexibility index (Phi) is 6.50. The molecule has 0 saturated carbocycles. The van der Waals surface area contributed by atoms with E-state index in [1.165, 1.54) is 6.26 Å². The van der Waals surface area contributed by atoms with Crippen molar-refractivity contribution in [2.24, 2.45) is 0 Å². The van der Waals surface area contributed by atoms with Gasteiger partial charge in [0.25, 0.3) is 0 Å². The van der Waals surface area contributed by atoms with Gasteiger partial charge in [0.15, 0.2) is 0 Å². The highest BCUT2D eigenvalue weighted by Crippen LogP contribution is 2.14. The lowest BCUT2D eigenvalue weighted by Crippen LogP contribution is -2.26. The summed E-state index contributed by atoms with van der Waals surface area (Å²) in [6, 6.07) is 1.76. The molecule has 1 N–H and O–H groups in total. The zero-order valence-corrected chi connectivity index (χ0v) is 11.3. The summed E-state index contributed by atoms with van der Waals surface area (Å²) in [7, 11) is 0. The largest absolute Gasteiger partial charge is 0.475 e. The van der Waals surface area contributed by atoms with Gasteiger partial charge >= 0.3 is 5.97 Å². The van der Waals surface area contributed by atoms with Crippen molar-refractivity contribution in [3.63, 3.8) is 0 Å². The molecule has 0 aromatic carbocycles. The van der Waals surface area contributed by atoms with Crippen LogP contribution in [0.2, 0.25) is 0 Å². The quantitative estimate of drug-likeness (QED) is 0.733. The summed E-state index contributed by atoms with van der Waals surface area (Å²) >= 11 is 0. The number of carboxylic acids is 1. The van der Waals surface area contributed by atoms with Crippen molar-refractivity contribution in [2.75, 3.05) is 13.1 Å². The fraction of sp³-hybridized carbons (Fsp3) is 0.643. The number of carboxylic acid groups (broad SMARTS) is 1. The molecule has 0 unspecified atom stereocenters. The molecule has 4 heteroatoms. The summed E-state index contributed by atoms with van der Waals surface area (Å²) in [5.74, 6) is -0.908. The van der Waals surface area contributed by atoms with Gasteiger partial charge in [-0.2, -0.15) is 0 Å². The van der Waals surface area contributed by atoms with Crippen LogP contribution in [0.3, 0.4) is 0 Å². The number of hydrogen-bond donors (Lipinski definition) is 1. The maximum absolute atomic E-state index is 11.0. The molecule has 0 aliphatic carbocycles. The molecule has 0 spiro atoms. The minimum atomic E-state index is -0.985. The fourth-order valence-corrected chi connectivity index (χ4v) is 1.92. The van der Waals surface area contributed by atoms with E-state index in [-0.39, 0.29) is 5.76 Å². The lowest BCUT2D eigenvalue weighted by molar-refractivity contribution is 0.0659. The lowest BCUT2D eigenvalue weighted by Gasteiger charge is -2.21. The maximum atomic E-state index is 11.0. The van der Waals surface area contributed by atoms with Crippen LogP contribution in [0.1, 0.15) is 55.6 Å². The standard InChI is InChI=1S/C14H23NO3/c1-3-5-8-15(9-6-4-2)11-12-7-10-18-13(12)14(16)17/h7,10H,3-6,8-9,11H2,1-2H3,(H,16,17). The van der Waals surface area contributed by atoms with E-state index in [1.54, 1.807) is 6.07 Å². The van der Waals surface area contributed by atoms with Crippen LogP contribution in [0.25, 0.3) is 0 Å². The first kappa shape index (κ1) is 14.8. The minimum absolute atomic E-state index is 0.0768. The summed E-state index contributed by atoms with van der Waals surface area (Å²) in [5.41, 5.74) is 0.773. The van der Waals surface area contributed by atoms with Crippen molar-refractivity contribution in [1.82, 2.24) is 4.90 Å². The molecule has 0 amide bonds. The number of rotatable bonds is 9. The second-order valence-electron chi connectivity index (χ2n) is 4.56. The third-order valence-corrected chi connectivity index (χ3v) is 2.99. The Balaban J connectivity index is 2.62. The molecule has 1 aromatic heterocycles. The SMILES string of the molecule is CCCCN(CCCC)Cc1ccoc1C(=O)O. The molecule has 4 nitrogen and oxygen atoms in total. The molecule has 0 bridgehead atoms. The van der Waals surface area contributed by atoms with E-state index in [4.69, 9.17) is 9.52 Å². The molecule has 0 saturated heterocycles. The van der Waals surface area contributed by atoms with E-state index in [1.807, 2.05) is 0 Å². The number of aromatic carboxylic acids is 1. The van der Waals surface area contributed by atoms with Gasteiger partial charge in [-0.1, -0.05) is 26.7 Å². The molecule has 0 atom stereocenters. The van der Waals surface area contributed by atoms with Gasteiger partial charge in [0, 0.05) is 12.1 Å². The minimum Gasteiger partial charge on any atom is -0.475 e. The Morgan fingerprint density at radius 1 is 1.28 bits per heavy atom. The molecular formula is C14H23NO3. The summed E-state index contributed by atoms with van der Waals surface area (Å²) in [5, 5.41) is 9.01. The van der Waals surface area contributed by atoms with Crippen LogP contribution >= 0.6 is 0 Å². The second-order valence-corrected chi connectivity index (χ2v) is 4.56. The first-order valence-electron chi connectivity index (χ1n) is 6.71. The normalized spacial score (nSPS) is 11.1. The monoisotopic (exact) mass is 253 g/mol. The van der Waals surface area contributed by atoms with Crippen LogP contribution in [0.4, 0.5) is 0 Å². The van der Waals surface area contributed by atoms with E-state index in [0.29, 0.717) is 6.54 Å². The van der Waals surface area contributed by atoms with Crippen LogP contribution in [0, 0.1) is 0 Å². The first-order valence-corrected chi connectivity index (χ1v) is 6.71. The van der Waals surface area contributed by atoms with Crippen LogP contribution in [-0.4, -0.2) is 29.1 Å². The van der Waals surface area contributed by atoms with E-state index < -0.39 is 5.97 Å². The molecule has 102 valence electrons. The number of carbonyl (C=O) groups is 1. The zero-order valence-electron chi connectivity index (χ0n) is 11.3. The third-order valence-electron chi connectivity index (χ3n) is 2.99. The highest BCUT2D eigenvalue weighted by atomic mass is 16.4. The summed E-state index contributed by atoms with van der Waals surface area (Å²) < 4.78 is 5.01. The Morgan fingerprint density at radius 3 is 2.39 bits per heavy atom. The van der Waals surface area contributed by atoms with Gasteiger partial charge in [-0.25, -0.2) is 4.79 Å². The fourth-order valence-electron chi connectivity index (χ4n) is 1.92. The lowest BCUT2D eigenvalue weighted by atomic mass is 10.2. The molecular weight excluding hydrogens is 230 g/mol. The zero-order chi connectivity index (χ0) is 13.4. The van der Waals surface area contributed by atoms with E-state index in [2.05, 4.69) is 18.7 Å². The Hall–Kier alpha value is -1.29. The molecule has 0 radical (unpaired) electrons. The molecule has 0 aliphatic rings. The Morgan fingerprint density at radius 2 is 1.89 bits per heavy atom. The van der Waals surface area contributed by atoms with E-state index in [9.17, 15) is 4.79 Å². The van der Waals surface area contributed by atoms with Crippen LogP contribution in [0.5, 0.6) is 0 Å². The van der Waals surface area contributed by atoms with Crippen LogP contribution < -0.4 is 0 Å². The van der Waals surface area contributed by atoms with Crippen molar-refractivity contribution < 1.29 is 14.3 Å². The van der Waals surface area contributed by atoms with Crippen molar-refractivity contribution in [2.45, 2.75) is 46.1 Å². The van der Waals surface area contributed by atoms with Crippen molar-refractivity contribution in [3.8, 4) is 0 Å². The van der Waals surface area contributed by atoms with Gasteiger partial charge < -0.3 is 9.52 Å². The van der Waals surface area contributed by atoms with Gasteiger partial charge in [-0.3, -0.25) is 4.90 Å². The van der Waals surface area contributed by atoms with E-state index in [0.717, 1.165) is 44.3 Å². The molecule has 1 heterocycles. The van der Waals surface area contributed by atoms with Gasteiger partial charge in [0.05, 0.1) is 6.26 Å². The highest BCUT2D eigenvalue weighted by Gasteiger charge is 2.16. The number of unbranched alkanes of at least 4 members (excludes halogenated alkanes) is 2. The Bertz CT molecular complexity index is 352. The molecule has 1 rings (SSSR count). The molecule has 18 heavy (non-hydrogen) atoms. The summed E-state index contributed by atoms with van der Waals surface area (Å²) in [6.45, 7) is 7.02. The summed E-state index contributed by atoms with van der Waals surface area (Å²) in [4.78, 5) is 13.3. The smallest absolute Gasteiger partial charge is 0.372 e. The van der Waals surface area contributed by atoms with Gasteiger partial charge in [0.1, 0.15) is 0 Å². The molecule has 0 aliphatic heterocycles.